The summed E-state index contributed by atoms with van der Waals surface area (Å²) in [6, 6.07) is 8.48. The minimum absolute atomic E-state index is 0.161. The van der Waals surface area contributed by atoms with E-state index in [4.69, 9.17) is 0 Å². The molecule has 0 spiro atoms. The second-order valence-corrected chi connectivity index (χ2v) is 4.84. The molecule has 3 rings (SSSR count). The first-order chi connectivity index (χ1) is 8.31. The van der Waals surface area contributed by atoms with Crippen molar-refractivity contribution < 1.29 is 4.79 Å². The van der Waals surface area contributed by atoms with Gasteiger partial charge in [-0.25, -0.2) is 0 Å². The van der Waals surface area contributed by atoms with Crippen LogP contribution in [-0.2, 0) is 4.79 Å². The summed E-state index contributed by atoms with van der Waals surface area (Å²) in [6.45, 7) is 2.06. The van der Waals surface area contributed by atoms with Gasteiger partial charge in [-0.3, -0.25) is 4.79 Å². The van der Waals surface area contributed by atoms with Crippen molar-refractivity contribution >= 4 is 17.3 Å². The Morgan fingerprint density at radius 2 is 1.76 bits per heavy atom. The third-order valence-electron chi connectivity index (χ3n) is 3.25. The number of carbonyl (C=O) groups excluding carboxylic acids is 1. The highest BCUT2D eigenvalue weighted by molar-refractivity contribution is 5.94. The van der Waals surface area contributed by atoms with Gasteiger partial charge in [0.25, 0.3) is 0 Å². The number of hydrogen-bond acceptors (Lipinski definition) is 3. The van der Waals surface area contributed by atoms with Crippen LogP contribution in [0.4, 0.5) is 11.4 Å². The van der Waals surface area contributed by atoms with Crippen LogP contribution >= 0.6 is 0 Å². The summed E-state index contributed by atoms with van der Waals surface area (Å²) in [5.74, 6) is 0.419. The van der Waals surface area contributed by atoms with Gasteiger partial charge in [0.1, 0.15) is 0 Å². The molecular formula is C13H17N3O. The fraction of sp³-hybridized carbons (Fsp3) is 0.462. The molecule has 1 aliphatic carbocycles. The third-order valence-corrected chi connectivity index (χ3v) is 3.25. The summed E-state index contributed by atoms with van der Waals surface area (Å²) in [6.07, 6.45) is 2.08. The molecule has 1 aliphatic heterocycles. The largest absolute Gasteiger partial charge is 0.380 e. The first-order valence-corrected chi connectivity index (χ1v) is 6.19. The number of benzene rings is 1. The van der Waals surface area contributed by atoms with Gasteiger partial charge in [-0.2, -0.15) is 0 Å². The molecule has 0 radical (unpaired) electrons. The fourth-order valence-corrected chi connectivity index (χ4v) is 1.87. The highest BCUT2D eigenvalue weighted by atomic mass is 16.2. The van der Waals surface area contributed by atoms with E-state index in [0.717, 1.165) is 37.3 Å². The van der Waals surface area contributed by atoms with Crippen molar-refractivity contribution in [2.24, 2.45) is 5.92 Å². The predicted octanol–water partition coefficient (Wildman–Crippen LogP) is 1.42. The van der Waals surface area contributed by atoms with Gasteiger partial charge in [0.15, 0.2) is 0 Å². The number of carbonyl (C=O) groups is 1. The number of rotatable bonds is 4. The van der Waals surface area contributed by atoms with Crippen molar-refractivity contribution in [3.63, 3.8) is 0 Å². The highest BCUT2D eigenvalue weighted by Gasteiger charge is 2.29. The zero-order valence-electron chi connectivity index (χ0n) is 9.70. The summed E-state index contributed by atoms with van der Waals surface area (Å²) in [7, 11) is 0. The Kier molecular flexibility index (Phi) is 2.73. The molecule has 2 fully saturated rings. The minimum Gasteiger partial charge on any atom is -0.380 e. The molecule has 0 aromatic heterocycles. The fourth-order valence-electron chi connectivity index (χ4n) is 1.87. The van der Waals surface area contributed by atoms with Crippen LogP contribution in [0, 0.1) is 5.92 Å². The lowest BCUT2D eigenvalue weighted by molar-refractivity contribution is -0.117. The van der Waals surface area contributed by atoms with E-state index in [0.29, 0.717) is 6.04 Å². The van der Waals surface area contributed by atoms with Crippen molar-refractivity contribution in [2.45, 2.75) is 18.9 Å². The number of anilines is 2. The summed E-state index contributed by atoms with van der Waals surface area (Å²) in [4.78, 5) is 11.6. The Labute approximate surface area is 101 Å². The van der Waals surface area contributed by atoms with E-state index in [1.807, 2.05) is 24.3 Å². The van der Waals surface area contributed by atoms with Crippen LogP contribution in [0.1, 0.15) is 12.8 Å². The van der Waals surface area contributed by atoms with Gasteiger partial charge >= 0.3 is 0 Å². The van der Waals surface area contributed by atoms with E-state index < -0.39 is 0 Å². The molecule has 1 aromatic rings. The molecule has 2 aliphatic rings. The van der Waals surface area contributed by atoms with Crippen molar-refractivity contribution in [1.82, 2.24) is 5.32 Å². The summed E-state index contributed by atoms with van der Waals surface area (Å²) in [5.41, 5.74) is 2.00. The molecule has 17 heavy (non-hydrogen) atoms. The molecule has 3 N–H and O–H groups in total. The molecule has 0 bridgehead atoms. The van der Waals surface area contributed by atoms with Crippen molar-refractivity contribution in [1.29, 1.82) is 0 Å². The second-order valence-electron chi connectivity index (χ2n) is 4.84. The van der Waals surface area contributed by atoms with Crippen molar-refractivity contribution in [3.8, 4) is 0 Å². The van der Waals surface area contributed by atoms with E-state index in [-0.39, 0.29) is 11.8 Å². The first kappa shape index (κ1) is 10.6. The van der Waals surface area contributed by atoms with Gasteiger partial charge in [0, 0.05) is 30.4 Å². The van der Waals surface area contributed by atoms with Crippen LogP contribution in [0.3, 0.4) is 0 Å². The van der Waals surface area contributed by atoms with E-state index in [2.05, 4.69) is 16.0 Å². The standard InChI is InChI=1S/C13H17N3O/c17-13(9-1-2-9)16-11-5-3-10(4-6-11)15-12-7-14-8-12/h3-6,9,12,14-15H,1-2,7-8H2,(H,16,17). The quantitative estimate of drug-likeness (QED) is 0.734. The van der Waals surface area contributed by atoms with Crippen molar-refractivity contribution in [2.75, 3.05) is 23.7 Å². The Hall–Kier alpha value is -1.55. The first-order valence-electron chi connectivity index (χ1n) is 6.19. The molecule has 4 heteroatoms. The molecule has 0 atom stereocenters. The smallest absolute Gasteiger partial charge is 0.227 e. The van der Waals surface area contributed by atoms with Crippen LogP contribution in [0.2, 0.25) is 0 Å². The molecule has 1 amide bonds. The van der Waals surface area contributed by atoms with Crippen LogP contribution in [0.15, 0.2) is 24.3 Å². The van der Waals surface area contributed by atoms with Gasteiger partial charge in [0.2, 0.25) is 5.91 Å². The Morgan fingerprint density at radius 3 is 2.29 bits per heavy atom. The lowest BCUT2D eigenvalue weighted by Gasteiger charge is -2.29. The SMILES string of the molecule is O=C(Nc1ccc(NC2CNC2)cc1)C1CC1. The van der Waals surface area contributed by atoms with Gasteiger partial charge in [-0.15, -0.1) is 0 Å². The van der Waals surface area contributed by atoms with Crippen LogP contribution in [-0.4, -0.2) is 25.0 Å². The topological polar surface area (TPSA) is 53.2 Å². The van der Waals surface area contributed by atoms with Crippen LogP contribution in [0.5, 0.6) is 0 Å². The lowest BCUT2D eigenvalue weighted by atomic mass is 10.1. The zero-order valence-corrected chi connectivity index (χ0v) is 9.70. The van der Waals surface area contributed by atoms with Crippen LogP contribution in [0.25, 0.3) is 0 Å². The van der Waals surface area contributed by atoms with Gasteiger partial charge in [-0.1, -0.05) is 0 Å². The molecule has 4 nitrogen and oxygen atoms in total. The Balaban J connectivity index is 1.56. The molecule has 1 saturated heterocycles. The summed E-state index contributed by atoms with van der Waals surface area (Å²) >= 11 is 0. The number of hydrogen-bond donors (Lipinski definition) is 3. The highest BCUT2D eigenvalue weighted by Crippen LogP contribution is 2.30. The minimum atomic E-state index is 0.161. The van der Waals surface area contributed by atoms with Gasteiger partial charge in [0.05, 0.1) is 6.04 Å². The Morgan fingerprint density at radius 1 is 1.12 bits per heavy atom. The van der Waals surface area contributed by atoms with E-state index in [1.54, 1.807) is 0 Å². The lowest BCUT2D eigenvalue weighted by Crippen LogP contribution is -2.51. The number of amides is 1. The average molecular weight is 231 g/mol. The number of nitrogens with one attached hydrogen (secondary N) is 3. The van der Waals surface area contributed by atoms with Gasteiger partial charge < -0.3 is 16.0 Å². The molecule has 1 aromatic carbocycles. The van der Waals surface area contributed by atoms with E-state index in [1.165, 1.54) is 0 Å². The van der Waals surface area contributed by atoms with Crippen LogP contribution < -0.4 is 16.0 Å². The third kappa shape index (κ3) is 2.58. The van der Waals surface area contributed by atoms with E-state index in [9.17, 15) is 4.79 Å². The molecule has 0 unspecified atom stereocenters. The average Bonchev–Trinajstić information content (AvgIpc) is 3.09. The van der Waals surface area contributed by atoms with Gasteiger partial charge in [-0.05, 0) is 37.1 Å². The maximum absolute atomic E-state index is 11.6. The summed E-state index contributed by atoms with van der Waals surface area (Å²) < 4.78 is 0. The summed E-state index contributed by atoms with van der Waals surface area (Å²) in [5, 5.41) is 9.57. The van der Waals surface area contributed by atoms with E-state index >= 15 is 0 Å². The molecule has 1 saturated carbocycles. The molecule has 1 heterocycles. The monoisotopic (exact) mass is 231 g/mol. The second kappa shape index (κ2) is 4.37. The Bertz CT molecular complexity index is 407. The normalized spacial score (nSPS) is 19.5. The molecule has 90 valence electrons. The maximum atomic E-state index is 11.6. The molecular weight excluding hydrogens is 214 g/mol. The predicted molar refractivity (Wildman–Crippen MR) is 68.1 cm³/mol. The maximum Gasteiger partial charge on any atom is 0.227 e. The van der Waals surface area contributed by atoms with Crippen molar-refractivity contribution in [3.05, 3.63) is 24.3 Å². The zero-order chi connectivity index (χ0) is 11.7.